The standard InChI is InChI=1S/C9H22O3Si/c1-5-10-8(4)9(13,11-6-2)12-7-3/h8H,5-7H2,1-4,13H3/t8-/m0/s1. The van der Waals surface area contributed by atoms with Gasteiger partial charge in [-0.15, -0.1) is 0 Å². The van der Waals surface area contributed by atoms with Crippen molar-refractivity contribution >= 4 is 10.2 Å². The van der Waals surface area contributed by atoms with Gasteiger partial charge in [-0.1, -0.05) is 0 Å². The Morgan fingerprint density at radius 1 is 1.08 bits per heavy atom. The molecule has 0 aliphatic carbocycles. The van der Waals surface area contributed by atoms with Crippen LogP contribution >= 0.6 is 0 Å². The molecular weight excluding hydrogens is 184 g/mol. The molecule has 0 aromatic heterocycles. The lowest BCUT2D eigenvalue weighted by Crippen LogP contribution is -2.48. The molecule has 0 saturated carbocycles. The molecule has 1 atom stereocenters. The molecule has 4 heteroatoms. The maximum absolute atomic E-state index is 5.60. The summed E-state index contributed by atoms with van der Waals surface area (Å²) in [4.78, 5) is 0. The second-order valence-corrected chi connectivity index (χ2v) is 4.37. The zero-order valence-electron chi connectivity index (χ0n) is 9.42. The van der Waals surface area contributed by atoms with E-state index in [1.165, 1.54) is 0 Å². The van der Waals surface area contributed by atoms with Crippen molar-refractivity contribution < 1.29 is 14.2 Å². The van der Waals surface area contributed by atoms with Crippen LogP contribution in [0.5, 0.6) is 0 Å². The Labute approximate surface area is 84.2 Å². The first-order valence-corrected chi connectivity index (χ1v) is 6.00. The van der Waals surface area contributed by atoms with Gasteiger partial charge in [0.1, 0.15) is 6.10 Å². The lowest BCUT2D eigenvalue weighted by Gasteiger charge is -2.34. The third-order valence-corrected chi connectivity index (χ3v) is 3.41. The van der Waals surface area contributed by atoms with E-state index < -0.39 is 5.41 Å². The SMILES string of the molecule is CCO[C@@H](C)C([SiH3])(OCC)OCC. The lowest BCUT2D eigenvalue weighted by molar-refractivity contribution is -0.230. The maximum atomic E-state index is 5.60. The van der Waals surface area contributed by atoms with Gasteiger partial charge in [-0.05, 0) is 27.7 Å². The molecule has 3 nitrogen and oxygen atoms in total. The van der Waals surface area contributed by atoms with E-state index in [4.69, 9.17) is 14.2 Å². The Morgan fingerprint density at radius 2 is 1.54 bits per heavy atom. The molecule has 0 aliphatic rings. The topological polar surface area (TPSA) is 27.7 Å². The van der Waals surface area contributed by atoms with E-state index in [0.717, 1.165) is 10.2 Å². The molecule has 0 amide bonds. The zero-order valence-corrected chi connectivity index (χ0v) is 11.4. The molecule has 0 aromatic rings. The fraction of sp³-hybridized carbons (Fsp3) is 1.00. The van der Waals surface area contributed by atoms with E-state index in [1.807, 2.05) is 27.7 Å². The number of hydrogen-bond donors (Lipinski definition) is 0. The molecule has 0 fully saturated rings. The van der Waals surface area contributed by atoms with Gasteiger partial charge in [0.2, 0.25) is 0 Å². The molecule has 80 valence electrons. The quantitative estimate of drug-likeness (QED) is 0.448. The summed E-state index contributed by atoms with van der Waals surface area (Å²) in [5.74, 6) is 0. The second-order valence-electron chi connectivity index (χ2n) is 2.98. The van der Waals surface area contributed by atoms with Crippen LogP contribution < -0.4 is 0 Å². The third kappa shape index (κ3) is 4.22. The highest BCUT2D eigenvalue weighted by Crippen LogP contribution is 2.16. The average molecular weight is 206 g/mol. The largest absolute Gasteiger partial charge is 0.374 e. The van der Waals surface area contributed by atoms with Crippen LogP contribution in [0.2, 0.25) is 0 Å². The lowest BCUT2D eigenvalue weighted by atomic mass is 10.4. The first-order chi connectivity index (χ1) is 6.10. The Kier molecular flexibility index (Phi) is 6.58. The third-order valence-electron chi connectivity index (χ3n) is 2.02. The molecule has 0 N–H and O–H groups in total. The molecule has 0 bridgehead atoms. The van der Waals surface area contributed by atoms with Crippen LogP contribution in [0.4, 0.5) is 0 Å². The van der Waals surface area contributed by atoms with Crippen molar-refractivity contribution in [2.45, 2.75) is 39.2 Å². The van der Waals surface area contributed by atoms with E-state index in [-0.39, 0.29) is 6.10 Å². The summed E-state index contributed by atoms with van der Waals surface area (Å²) in [7, 11) is 0.816. The molecular formula is C9H22O3Si. The van der Waals surface area contributed by atoms with Crippen molar-refractivity contribution in [3.63, 3.8) is 0 Å². The molecule has 0 heterocycles. The van der Waals surface area contributed by atoms with Crippen LogP contribution in [0.1, 0.15) is 27.7 Å². The molecule has 0 rings (SSSR count). The Balaban J connectivity index is 4.18. The van der Waals surface area contributed by atoms with Crippen molar-refractivity contribution in [3.8, 4) is 0 Å². The van der Waals surface area contributed by atoms with Gasteiger partial charge in [0.25, 0.3) is 0 Å². The van der Waals surface area contributed by atoms with Gasteiger partial charge in [-0.25, -0.2) is 0 Å². The fourth-order valence-electron chi connectivity index (χ4n) is 1.25. The summed E-state index contributed by atoms with van der Waals surface area (Å²) in [6, 6.07) is 0. The van der Waals surface area contributed by atoms with Crippen molar-refractivity contribution in [2.24, 2.45) is 0 Å². The first kappa shape index (κ1) is 13.1. The van der Waals surface area contributed by atoms with E-state index in [2.05, 4.69) is 0 Å². The molecule has 0 radical (unpaired) electrons. The Hall–Kier alpha value is 0.0969. The van der Waals surface area contributed by atoms with Gasteiger partial charge >= 0.3 is 0 Å². The van der Waals surface area contributed by atoms with Gasteiger partial charge in [-0.2, -0.15) is 0 Å². The summed E-state index contributed by atoms with van der Waals surface area (Å²) >= 11 is 0. The molecule has 0 aliphatic heterocycles. The Bertz CT molecular complexity index is 124. The molecule has 0 spiro atoms. The number of hydrogen-bond acceptors (Lipinski definition) is 3. The predicted molar refractivity (Wildman–Crippen MR) is 57.0 cm³/mol. The molecule has 0 aromatic carbocycles. The van der Waals surface area contributed by atoms with Gasteiger partial charge in [-0.3, -0.25) is 0 Å². The van der Waals surface area contributed by atoms with Crippen molar-refractivity contribution in [1.82, 2.24) is 0 Å². The normalized spacial score (nSPS) is 14.8. The Morgan fingerprint density at radius 3 is 1.85 bits per heavy atom. The van der Waals surface area contributed by atoms with Crippen LogP contribution in [-0.4, -0.2) is 41.6 Å². The summed E-state index contributed by atoms with van der Waals surface area (Å²) in [5, 5.41) is 0. The highest BCUT2D eigenvalue weighted by atomic mass is 28.1. The van der Waals surface area contributed by atoms with Gasteiger partial charge in [0.05, 0.1) is 10.2 Å². The summed E-state index contributed by atoms with van der Waals surface area (Å²) in [5.41, 5.74) is -0.473. The molecule has 13 heavy (non-hydrogen) atoms. The number of rotatable bonds is 7. The van der Waals surface area contributed by atoms with Gasteiger partial charge < -0.3 is 14.2 Å². The van der Waals surface area contributed by atoms with E-state index in [9.17, 15) is 0 Å². The van der Waals surface area contributed by atoms with Crippen molar-refractivity contribution in [2.75, 3.05) is 19.8 Å². The first-order valence-electron chi connectivity index (χ1n) is 5.00. The average Bonchev–Trinajstić information content (AvgIpc) is 2.05. The van der Waals surface area contributed by atoms with Crippen LogP contribution in [0, 0.1) is 0 Å². The van der Waals surface area contributed by atoms with Crippen LogP contribution in [-0.2, 0) is 14.2 Å². The van der Waals surface area contributed by atoms with Crippen LogP contribution in [0.25, 0.3) is 0 Å². The van der Waals surface area contributed by atoms with Crippen molar-refractivity contribution in [1.29, 1.82) is 0 Å². The van der Waals surface area contributed by atoms with Gasteiger partial charge in [0.15, 0.2) is 5.41 Å². The highest BCUT2D eigenvalue weighted by Gasteiger charge is 2.32. The summed E-state index contributed by atoms with van der Waals surface area (Å²) in [6.45, 7) is 9.97. The van der Waals surface area contributed by atoms with Crippen LogP contribution in [0.3, 0.4) is 0 Å². The smallest absolute Gasteiger partial charge is 0.166 e. The minimum Gasteiger partial charge on any atom is -0.374 e. The minimum absolute atomic E-state index is 0.0177. The van der Waals surface area contributed by atoms with Crippen LogP contribution in [0.15, 0.2) is 0 Å². The summed E-state index contributed by atoms with van der Waals surface area (Å²) < 4.78 is 16.7. The predicted octanol–water partition coefficient (Wildman–Crippen LogP) is 0.504. The minimum atomic E-state index is -0.473. The number of ether oxygens (including phenoxy) is 3. The van der Waals surface area contributed by atoms with Gasteiger partial charge in [0, 0.05) is 19.8 Å². The monoisotopic (exact) mass is 206 g/mol. The maximum Gasteiger partial charge on any atom is 0.166 e. The second kappa shape index (κ2) is 6.54. The molecule has 0 saturated heterocycles. The van der Waals surface area contributed by atoms with E-state index in [0.29, 0.717) is 19.8 Å². The fourth-order valence-corrected chi connectivity index (χ4v) is 1.99. The van der Waals surface area contributed by atoms with E-state index >= 15 is 0 Å². The summed E-state index contributed by atoms with van der Waals surface area (Å²) in [6.07, 6.45) is 0.0177. The highest BCUT2D eigenvalue weighted by molar-refractivity contribution is 6.13. The zero-order chi connectivity index (χ0) is 10.3. The molecule has 0 unspecified atom stereocenters. The van der Waals surface area contributed by atoms with Crippen molar-refractivity contribution in [3.05, 3.63) is 0 Å². The van der Waals surface area contributed by atoms with E-state index in [1.54, 1.807) is 0 Å².